The molecule has 0 N–H and O–H groups in total. The normalized spacial score (nSPS) is 17.8. The molecule has 72 valence electrons. The monoisotopic (exact) mass is 210 g/mol. The van der Waals surface area contributed by atoms with Crippen LogP contribution >= 0.6 is 11.6 Å². The SMILES string of the molecule is F[B-](F)(F)c1c(Cl)noc1C1CC1. The molecule has 0 saturated heterocycles. The molecule has 1 saturated carbocycles. The second kappa shape index (κ2) is 2.67. The Labute approximate surface area is 77.1 Å². The zero-order chi connectivity index (χ0) is 9.64. The van der Waals surface area contributed by atoms with Crippen LogP contribution < -0.4 is 5.46 Å². The molecule has 0 aromatic carbocycles. The van der Waals surface area contributed by atoms with Crippen molar-refractivity contribution in [3.05, 3.63) is 10.9 Å². The third-order valence-electron chi connectivity index (χ3n) is 1.99. The van der Waals surface area contributed by atoms with Gasteiger partial charge in [-0.3, -0.25) is 0 Å². The molecule has 0 bridgehead atoms. The molecule has 1 aliphatic carbocycles. The Morgan fingerprint density at radius 2 is 2.00 bits per heavy atom. The number of hydrogen-bond acceptors (Lipinski definition) is 2. The molecule has 0 amide bonds. The van der Waals surface area contributed by atoms with Crippen molar-refractivity contribution in [2.75, 3.05) is 0 Å². The van der Waals surface area contributed by atoms with Gasteiger partial charge in [0.25, 0.3) is 0 Å². The molecule has 7 heteroatoms. The summed E-state index contributed by atoms with van der Waals surface area (Å²) in [6.07, 6.45) is 1.45. The zero-order valence-electron chi connectivity index (χ0n) is 6.44. The highest BCUT2D eigenvalue weighted by atomic mass is 35.5. The lowest BCUT2D eigenvalue weighted by Crippen LogP contribution is -2.36. The van der Waals surface area contributed by atoms with Crippen molar-refractivity contribution in [3.8, 4) is 0 Å². The van der Waals surface area contributed by atoms with Crippen LogP contribution in [0.1, 0.15) is 24.5 Å². The number of nitrogens with zero attached hydrogens (tertiary/aromatic N) is 1. The van der Waals surface area contributed by atoms with Crippen LogP contribution in [0.25, 0.3) is 0 Å². The summed E-state index contributed by atoms with van der Waals surface area (Å²) >= 11 is 5.29. The Kier molecular flexibility index (Phi) is 1.83. The van der Waals surface area contributed by atoms with E-state index in [0.29, 0.717) is 0 Å². The molecular weight excluding hydrogens is 205 g/mol. The van der Waals surface area contributed by atoms with E-state index in [-0.39, 0.29) is 11.7 Å². The Morgan fingerprint density at radius 3 is 2.46 bits per heavy atom. The summed E-state index contributed by atoms with van der Waals surface area (Å²) in [4.78, 5) is 0. The maximum absolute atomic E-state index is 12.4. The summed E-state index contributed by atoms with van der Waals surface area (Å²) in [6.45, 7) is -5.10. The first kappa shape index (κ1) is 8.93. The number of halogens is 4. The van der Waals surface area contributed by atoms with Gasteiger partial charge in [0, 0.05) is 5.92 Å². The third-order valence-corrected chi connectivity index (χ3v) is 2.26. The van der Waals surface area contributed by atoms with Gasteiger partial charge < -0.3 is 17.5 Å². The van der Waals surface area contributed by atoms with E-state index in [4.69, 9.17) is 11.6 Å². The Bertz CT molecular complexity index is 333. The number of rotatable bonds is 2. The molecule has 2 rings (SSSR count). The fourth-order valence-corrected chi connectivity index (χ4v) is 1.48. The summed E-state index contributed by atoms with van der Waals surface area (Å²) in [5, 5.41) is 2.57. The fraction of sp³-hybridized carbons (Fsp3) is 0.500. The van der Waals surface area contributed by atoms with Crippen molar-refractivity contribution >= 4 is 24.0 Å². The first-order valence-corrected chi connectivity index (χ1v) is 4.23. The lowest BCUT2D eigenvalue weighted by molar-refractivity contribution is 0.384. The highest BCUT2D eigenvalue weighted by Gasteiger charge is 2.40. The first-order chi connectivity index (χ1) is 6.00. The average Bonchev–Trinajstić information content (AvgIpc) is 2.73. The van der Waals surface area contributed by atoms with Gasteiger partial charge in [-0.15, -0.1) is 0 Å². The van der Waals surface area contributed by atoms with E-state index < -0.39 is 17.6 Å². The topological polar surface area (TPSA) is 26.0 Å². The number of aromatic nitrogens is 1. The summed E-state index contributed by atoms with van der Waals surface area (Å²) in [5.41, 5.74) is -0.843. The molecule has 2 nitrogen and oxygen atoms in total. The van der Waals surface area contributed by atoms with Crippen molar-refractivity contribution < 1.29 is 17.5 Å². The van der Waals surface area contributed by atoms with Gasteiger partial charge in [-0.25, -0.2) is 0 Å². The summed E-state index contributed by atoms with van der Waals surface area (Å²) in [7, 11) is 0. The molecule has 1 aliphatic rings. The minimum Gasteiger partial charge on any atom is -0.445 e. The second-order valence-corrected chi connectivity index (χ2v) is 3.46. The largest absolute Gasteiger partial charge is 0.516 e. The van der Waals surface area contributed by atoms with E-state index in [1.54, 1.807) is 0 Å². The van der Waals surface area contributed by atoms with E-state index in [2.05, 4.69) is 9.68 Å². The molecule has 1 aromatic heterocycles. The molecule has 0 aliphatic heterocycles. The zero-order valence-corrected chi connectivity index (χ0v) is 7.19. The van der Waals surface area contributed by atoms with E-state index >= 15 is 0 Å². The minimum atomic E-state index is -5.10. The Balaban J connectivity index is 2.46. The van der Waals surface area contributed by atoms with Gasteiger partial charge in [0.15, 0.2) is 0 Å². The molecule has 1 aromatic rings. The molecule has 13 heavy (non-hydrogen) atoms. The third kappa shape index (κ3) is 1.55. The fourth-order valence-electron chi connectivity index (χ4n) is 1.23. The van der Waals surface area contributed by atoms with Gasteiger partial charge in [0.2, 0.25) is 0 Å². The van der Waals surface area contributed by atoms with Crippen LogP contribution in [0, 0.1) is 0 Å². The van der Waals surface area contributed by atoms with Gasteiger partial charge >= 0.3 is 6.98 Å². The van der Waals surface area contributed by atoms with Crippen LogP contribution in [0.3, 0.4) is 0 Å². The van der Waals surface area contributed by atoms with Gasteiger partial charge in [-0.05, 0) is 18.3 Å². The van der Waals surface area contributed by atoms with Gasteiger partial charge in [0.05, 0.1) is 0 Å². The number of hydrogen-bond donors (Lipinski definition) is 0. The van der Waals surface area contributed by atoms with E-state index in [0.717, 1.165) is 12.8 Å². The highest BCUT2D eigenvalue weighted by molar-refractivity contribution is 6.76. The van der Waals surface area contributed by atoms with Crippen LogP contribution in [0.5, 0.6) is 0 Å². The standard InChI is InChI=1S/C6H5BClF3NO/c8-6-4(7(9,10)11)5(13-12-6)3-1-2-3/h3H,1-2H2/q-1. The lowest BCUT2D eigenvalue weighted by atomic mass is 9.79. The molecule has 0 radical (unpaired) electrons. The molecule has 0 spiro atoms. The van der Waals surface area contributed by atoms with Crippen molar-refractivity contribution in [1.29, 1.82) is 0 Å². The minimum absolute atomic E-state index is 0.0856. The second-order valence-electron chi connectivity index (χ2n) is 3.10. The molecule has 1 heterocycles. The molecule has 0 atom stereocenters. The van der Waals surface area contributed by atoms with Crippen molar-refractivity contribution in [1.82, 2.24) is 5.16 Å². The Morgan fingerprint density at radius 1 is 1.38 bits per heavy atom. The molecular formula is C6H5BClF3NO-. The van der Waals surface area contributed by atoms with Crippen molar-refractivity contribution in [2.45, 2.75) is 18.8 Å². The van der Waals surface area contributed by atoms with E-state index in [1.807, 2.05) is 0 Å². The van der Waals surface area contributed by atoms with E-state index in [1.165, 1.54) is 0 Å². The van der Waals surface area contributed by atoms with Crippen molar-refractivity contribution in [2.24, 2.45) is 0 Å². The van der Waals surface area contributed by atoms with Crippen LogP contribution in [-0.4, -0.2) is 12.1 Å². The van der Waals surface area contributed by atoms with E-state index in [9.17, 15) is 12.9 Å². The summed E-state index contributed by atoms with van der Waals surface area (Å²) in [6, 6.07) is 0. The maximum Gasteiger partial charge on any atom is 0.516 e. The van der Waals surface area contributed by atoms with Crippen LogP contribution in [0.2, 0.25) is 5.15 Å². The predicted molar refractivity (Wildman–Crippen MR) is 42.2 cm³/mol. The first-order valence-electron chi connectivity index (χ1n) is 3.85. The Hall–Kier alpha value is -0.645. The molecule has 0 unspecified atom stereocenters. The quantitative estimate of drug-likeness (QED) is 0.700. The predicted octanol–water partition coefficient (Wildman–Crippen LogP) is 2.26. The van der Waals surface area contributed by atoms with Gasteiger partial charge in [0.1, 0.15) is 10.9 Å². The van der Waals surface area contributed by atoms with Crippen LogP contribution in [0.15, 0.2) is 4.52 Å². The van der Waals surface area contributed by atoms with Gasteiger partial charge in [-0.1, -0.05) is 16.8 Å². The molecule has 1 fully saturated rings. The van der Waals surface area contributed by atoms with Gasteiger partial charge in [-0.2, -0.15) is 0 Å². The highest BCUT2D eigenvalue weighted by Crippen LogP contribution is 2.41. The smallest absolute Gasteiger partial charge is 0.445 e. The summed E-state index contributed by atoms with van der Waals surface area (Å²) < 4.78 is 41.8. The lowest BCUT2D eigenvalue weighted by Gasteiger charge is -2.13. The summed E-state index contributed by atoms with van der Waals surface area (Å²) in [5.74, 6) is -0.212. The van der Waals surface area contributed by atoms with Crippen LogP contribution in [-0.2, 0) is 0 Å². The van der Waals surface area contributed by atoms with Crippen LogP contribution in [0.4, 0.5) is 12.9 Å². The van der Waals surface area contributed by atoms with Crippen molar-refractivity contribution in [3.63, 3.8) is 0 Å². The average molecular weight is 210 g/mol. The maximum atomic E-state index is 12.4.